The number of sulfonamides is 1. The van der Waals surface area contributed by atoms with E-state index >= 15 is 0 Å². The molecule has 0 saturated carbocycles. The van der Waals surface area contributed by atoms with E-state index in [0.29, 0.717) is 23.7 Å². The number of halogens is 1. The van der Waals surface area contributed by atoms with Crippen LogP contribution in [-0.2, 0) is 26.2 Å². The molecule has 0 radical (unpaired) electrons. The first-order chi connectivity index (χ1) is 16.1. The summed E-state index contributed by atoms with van der Waals surface area (Å²) in [4.78, 5) is 28.1. The monoisotopic (exact) mass is 507 g/mol. The van der Waals surface area contributed by atoms with E-state index in [9.17, 15) is 18.0 Å². The Kier molecular flexibility index (Phi) is 10.4. The average Bonchev–Trinajstić information content (AvgIpc) is 2.77. The van der Waals surface area contributed by atoms with Gasteiger partial charge in [0.05, 0.1) is 11.9 Å². The number of hydrogen-bond acceptors (Lipinski definition) is 4. The molecule has 186 valence electrons. The smallest absolute Gasteiger partial charge is 0.244 e. The lowest BCUT2D eigenvalue weighted by atomic mass is 10.1. The molecule has 2 aromatic rings. The number of anilines is 1. The quantitative estimate of drug-likeness (QED) is 0.437. The van der Waals surface area contributed by atoms with Gasteiger partial charge in [0.2, 0.25) is 21.8 Å². The number of unbranched alkanes of at least 4 members (excludes halogenated alkanes) is 1. The van der Waals surface area contributed by atoms with Crippen molar-refractivity contribution in [3.05, 3.63) is 64.7 Å². The topological polar surface area (TPSA) is 86.8 Å². The van der Waals surface area contributed by atoms with Crippen LogP contribution in [0.1, 0.15) is 44.2 Å². The lowest BCUT2D eigenvalue weighted by Gasteiger charge is -2.33. The van der Waals surface area contributed by atoms with Crippen LogP contribution in [0.3, 0.4) is 0 Å². The predicted molar refractivity (Wildman–Crippen MR) is 137 cm³/mol. The summed E-state index contributed by atoms with van der Waals surface area (Å²) in [6.07, 6.45) is 3.21. The number of nitrogens with zero attached hydrogens (tertiary/aromatic N) is 2. The molecular formula is C25H34ClN3O4S. The molecule has 1 N–H and O–H groups in total. The van der Waals surface area contributed by atoms with Gasteiger partial charge in [-0.1, -0.05) is 62.2 Å². The Morgan fingerprint density at radius 3 is 2.38 bits per heavy atom. The van der Waals surface area contributed by atoms with Gasteiger partial charge < -0.3 is 10.2 Å². The Bertz CT molecular complexity index is 1090. The zero-order valence-electron chi connectivity index (χ0n) is 20.3. The summed E-state index contributed by atoms with van der Waals surface area (Å²) >= 11 is 6.07. The zero-order valence-corrected chi connectivity index (χ0v) is 21.8. The SMILES string of the molecule is CCCCNC(=O)[C@@H](CC)N(Cc1ccccc1C)C(=O)CN(c1cccc(Cl)c1)S(C)(=O)=O. The number of benzene rings is 2. The van der Waals surface area contributed by atoms with Gasteiger partial charge in [-0.15, -0.1) is 0 Å². The van der Waals surface area contributed by atoms with E-state index in [1.54, 1.807) is 18.2 Å². The molecule has 2 rings (SSSR count). The van der Waals surface area contributed by atoms with Gasteiger partial charge in [-0.05, 0) is 49.1 Å². The maximum Gasteiger partial charge on any atom is 0.244 e. The Morgan fingerprint density at radius 2 is 1.79 bits per heavy atom. The fourth-order valence-electron chi connectivity index (χ4n) is 3.64. The maximum absolute atomic E-state index is 13.6. The molecule has 0 saturated heterocycles. The van der Waals surface area contributed by atoms with Crippen molar-refractivity contribution >= 4 is 39.1 Å². The molecule has 0 aliphatic carbocycles. The summed E-state index contributed by atoms with van der Waals surface area (Å²) < 4.78 is 26.2. The number of nitrogens with one attached hydrogen (secondary N) is 1. The molecule has 0 aromatic heterocycles. The van der Waals surface area contributed by atoms with Gasteiger partial charge in [-0.25, -0.2) is 8.42 Å². The van der Waals surface area contributed by atoms with E-state index in [1.807, 2.05) is 45.0 Å². The van der Waals surface area contributed by atoms with Gasteiger partial charge in [-0.3, -0.25) is 13.9 Å². The first kappa shape index (κ1) is 27.7. The second kappa shape index (κ2) is 12.8. The molecule has 2 amide bonds. The van der Waals surface area contributed by atoms with Crippen LogP contribution in [-0.4, -0.2) is 50.5 Å². The first-order valence-corrected chi connectivity index (χ1v) is 13.7. The van der Waals surface area contributed by atoms with Crippen LogP contribution in [0.5, 0.6) is 0 Å². The van der Waals surface area contributed by atoms with Crippen molar-refractivity contribution in [3.8, 4) is 0 Å². The minimum Gasteiger partial charge on any atom is -0.354 e. The molecule has 1 atom stereocenters. The van der Waals surface area contributed by atoms with E-state index in [2.05, 4.69) is 5.32 Å². The number of carbonyl (C=O) groups is 2. The van der Waals surface area contributed by atoms with Crippen LogP contribution in [0, 0.1) is 6.92 Å². The van der Waals surface area contributed by atoms with Gasteiger partial charge in [0.1, 0.15) is 12.6 Å². The molecule has 2 aromatic carbocycles. The van der Waals surface area contributed by atoms with E-state index in [0.717, 1.165) is 34.5 Å². The van der Waals surface area contributed by atoms with Gasteiger partial charge in [0, 0.05) is 18.1 Å². The summed E-state index contributed by atoms with van der Waals surface area (Å²) in [6, 6.07) is 13.2. The standard InChI is InChI=1S/C25H34ClN3O4S/c1-5-7-15-27-25(31)23(6-2)28(17-20-12-9-8-11-19(20)3)24(30)18-29(34(4,32)33)22-14-10-13-21(26)16-22/h8-14,16,23H,5-7,15,17-18H2,1-4H3,(H,27,31)/t23-/m1/s1. The Morgan fingerprint density at radius 1 is 1.09 bits per heavy atom. The van der Waals surface area contributed by atoms with Crippen molar-refractivity contribution in [2.75, 3.05) is 23.7 Å². The highest BCUT2D eigenvalue weighted by atomic mass is 35.5. The summed E-state index contributed by atoms with van der Waals surface area (Å²) in [5.41, 5.74) is 2.17. The molecule has 0 spiro atoms. The number of hydrogen-bond donors (Lipinski definition) is 1. The van der Waals surface area contributed by atoms with Gasteiger partial charge >= 0.3 is 0 Å². The fourth-order valence-corrected chi connectivity index (χ4v) is 4.67. The number of amides is 2. The molecule has 0 fully saturated rings. The van der Waals surface area contributed by atoms with E-state index in [4.69, 9.17) is 11.6 Å². The third-order valence-electron chi connectivity index (χ3n) is 5.59. The van der Waals surface area contributed by atoms with Crippen LogP contribution >= 0.6 is 11.6 Å². The lowest BCUT2D eigenvalue weighted by molar-refractivity contribution is -0.140. The van der Waals surface area contributed by atoms with Crippen molar-refractivity contribution in [2.24, 2.45) is 0 Å². The minimum atomic E-state index is -3.79. The summed E-state index contributed by atoms with van der Waals surface area (Å²) in [7, 11) is -3.79. The highest BCUT2D eigenvalue weighted by Gasteiger charge is 2.31. The maximum atomic E-state index is 13.6. The molecular weight excluding hydrogens is 474 g/mol. The molecule has 0 aliphatic heterocycles. The van der Waals surface area contributed by atoms with Crippen molar-refractivity contribution in [3.63, 3.8) is 0 Å². The van der Waals surface area contributed by atoms with Crippen LogP contribution in [0.2, 0.25) is 5.02 Å². The third kappa shape index (κ3) is 7.74. The normalized spacial score (nSPS) is 12.1. The Labute approximate surface area is 208 Å². The van der Waals surface area contributed by atoms with Crippen LogP contribution < -0.4 is 9.62 Å². The summed E-state index contributed by atoms with van der Waals surface area (Å²) in [5.74, 6) is -0.710. The predicted octanol–water partition coefficient (Wildman–Crippen LogP) is 4.14. The van der Waals surface area contributed by atoms with Crippen LogP contribution in [0.25, 0.3) is 0 Å². The second-order valence-electron chi connectivity index (χ2n) is 8.27. The average molecular weight is 508 g/mol. The lowest BCUT2D eigenvalue weighted by Crippen LogP contribution is -2.52. The van der Waals surface area contributed by atoms with Crippen molar-refractivity contribution < 1.29 is 18.0 Å². The van der Waals surface area contributed by atoms with E-state index in [1.165, 1.54) is 11.0 Å². The molecule has 0 heterocycles. The summed E-state index contributed by atoms with van der Waals surface area (Å²) in [5, 5.41) is 3.27. The van der Waals surface area contributed by atoms with Gasteiger partial charge in [0.15, 0.2) is 0 Å². The highest BCUT2D eigenvalue weighted by Crippen LogP contribution is 2.23. The molecule has 0 aliphatic rings. The van der Waals surface area contributed by atoms with E-state index in [-0.39, 0.29) is 12.5 Å². The fraction of sp³-hybridized carbons (Fsp3) is 0.440. The number of carbonyl (C=O) groups excluding carboxylic acids is 2. The van der Waals surface area contributed by atoms with Crippen molar-refractivity contribution in [1.82, 2.24) is 10.2 Å². The van der Waals surface area contributed by atoms with Gasteiger partial charge in [0.25, 0.3) is 0 Å². The second-order valence-corrected chi connectivity index (χ2v) is 10.6. The van der Waals surface area contributed by atoms with Gasteiger partial charge in [-0.2, -0.15) is 0 Å². The Hall–Kier alpha value is -2.58. The van der Waals surface area contributed by atoms with Crippen molar-refractivity contribution in [1.29, 1.82) is 0 Å². The molecule has 0 unspecified atom stereocenters. The largest absolute Gasteiger partial charge is 0.354 e. The first-order valence-electron chi connectivity index (χ1n) is 11.4. The molecule has 0 bridgehead atoms. The van der Waals surface area contributed by atoms with Crippen LogP contribution in [0.15, 0.2) is 48.5 Å². The molecule has 7 nitrogen and oxygen atoms in total. The molecule has 9 heteroatoms. The highest BCUT2D eigenvalue weighted by molar-refractivity contribution is 7.92. The van der Waals surface area contributed by atoms with E-state index < -0.39 is 28.5 Å². The van der Waals surface area contributed by atoms with Crippen molar-refractivity contribution in [2.45, 2.75) is 52.6 Å². The Balaban J connectivity index is 2.41. The molecule has 34 heavy (non-hydrogen) atoms. The van der Waals surface area contributed by atoms with Crippen LogP contribution in [0.4, 0.5) is 5.69 Å². The third-order valence-corrected chi connectivity index (χ3v) is 6.97. The number of rotatable bonds is 12. The minimum absolute atomic E-state index is 0.193. The number of aryl methyl sites for hydroxylation is 1. The summed E-state index contributed by atoms with van der Waals surface area (Å²) in [6.45, 7) is 6.09. The zero-order chi connectivity index (χ0) is 25.3.